The average molecular weight is 201 g/mol. The van der Waals surface area contributed by atoms with Gasteiger partial charge in [-0.1, -0.05) is 18.7 Å². The van der Waals surface area contributed by atoms with Gasteiger partial charge in [-0.3, -0.25) is 0 Å². The second-order valence-electron chi connectivity index (χ2n) is 2.99. The van der Waals surface area contributed by atoms with E-state index in [9.17, 15) is 0 Å². The van der Waals surface area contributed by atoms with E-state index < -0.39 is 0 Å². The largest absolute Gasteiger partial charge is 0.316 e. The Morgan fingerprint density at radius 2 is 2.15 bits per heavy atom. The highest BCUT2D eigenvalue weighted by Crippen LogP contribution is 2.21. The van der Waals surface area contributed by atoms with E-state index in [1.165, 1.54) is 0 Å². The molecule has 1 heterocycles. The molecule has 2 atom stereocenters. The number of hydrogen-bond acceptors (Lipinski definition) is 5. The van der Waals surface area contributed by atoms with Crippen molar-refractivity contribution in [3.63, 3.8) is 0 Å². The third kappa shape index (κ3) is 2.67. The van der Waals surface area contributed by atoms with E-state index >= 15 is 0 Å². The maximum atomic E-state index is 3.91. The Kier molecular flexibility index (Phi) is 3.68. The van der Waals surface area contributed by atoms with Crippen LogP contribution >= 0.6 is 11.8 Å². The quantitative estimate of drug-likeness (QED) is 0.710. The molecule has 1 aromatic rings. The van der Waals surface area contributed by atoms with Crippen LogP contribution in [0.4, 0.5) is 0 Å². The fraction of sp³-hybridized carbons (Fsp3) is 0.857. The highest BCUT2D eigenvalue weighted by Gasteiger charge is 2.14. The topological polar surface area (TPSA) is 55.6 Å². The van der Waals surface area contributed by atoms with Crippen molar-refractivity contribution >= 4 is 11.8 Å². The van der Waals surface area contributed by atoms with Crippen LogP contribution in [0.5, 0.6) is 0 Å². The molecule has 1 N–H and O–H groups in total. The second kappa shape index (κ2) is 4.57. The van der Waals surface area contributed by atoms with E-state index in [0.717, 1.165) is 5.16 Å². The fourth-order valence-electron chi connectivity index (χ4n) is 0.824. The zero-order valence-electron chi connectivity index (χ0n) is 8.35. The molecular formula is C7H15N5S. The summed E-state index contributed by atoms with van der Waals surface area (Å²) in [6.07, 6.45) is 0. The van der Waals surface area contributed by atoms with E-state index in [2.05, 4.69) is 34.7 Å². The molecule has 13 heavy (non-hydrogen) atoms. The lowest BCUT2D eigenvalue weighted by Gasteiger charge is -2.17. The van der Waals surface area contributed by atoms with Gasteiger partial charge >= 0.3 is 0 Å². The van der Waals surface area contributed by atoms with E-state index in [0.29, 0.717) is 11.3 Å². The maximum Gasteiger partial charge on any atom is 0.209 e. The van der Waals surface area contributed by atoms with Crippen molar-refractivity contribution in [2.75, 3.05) is 7.05 Å². The fourth-order valence-corrected chi connectivity index (χ4v) is 1.77. The molecule has 0 fully saturated rings. The molecular weight excluding hydrogens is 186 g/mol. The van der Waals surface area contributed by atoms with E-state index in [1.807, 2.05) is 14.1 Å². The van der Waals surface area contributed by atoms with Gasteiger partial charge in [0.2, 0.25) is 5.16 Å². The van der Waals surface area contributed by atoms with Crippen molar-refractivity contribution in [3.05, 3.63) is 0 Å². The molecule has 0 spiro atoms. The van der Waals surface area contributed by atoms with Crippen LogP contribution < -0.4 is 5.32 Å². The lowest BCUT2D eigenvalue weighted by atomic mass is 10.3. The Labute approximate surface area is 82.3 Å². The first-order valence-corrected chi connectivity index (χ1v) is 5.09. The highest BCUT2D eigenvalue weighted by molar-refractivity contribution is 7.99. The van der Waals surface area contributed by atoms with Crippen molar-refractivity contribution < 1.29 is 0 Å². The molecule has 0 saturated heterocycles. The Hall–Kier alpha value is -0.620. The number of rotatable bonds is 4. The molecule has 74 valence electrons. The van der Waals surface area contributed by atoms with Crippen molar-refractivity contribution in [2.24, 2.45) is 7.05 Å². The van der Waals surface area contributed by atoms with Gasteiger partial charge in [0, 0.05) is 18.3 Å². The van der Waals surface area contributed by atoms with Crippen molar-refractivity contribution in [3.8, 4) is 0 Å². The number of aryl methyl sites for hydroxylation is 1. The second-order valence-corrected chi connectivity index (χ2v) is 4.33. The molecule has 0 saturated carbocycles. The third-order valence-electron chi connectivity index (χ3n) is 2.03. The first kappa shape index (κ1) is 10.5. The van der Waals surface area contributed by atoms with Gasteiger partial charge in [0.25, 0.3) is 0 Å². The van der Waals surface area contributed by atoms with Crippen LogP contribution in [0.2, 0.25) is 0 Å². The number of nitrogens with zero attached hydrogens (tertiary/aromatic N) is 4. The van der Waals surface area contributed by atoms with E-state index in [-0.39, 0.29) is 0 Å². The van der Waals surface area contributed by atoms with E-state index in [4.69, 9.17) is 0 Å². The minimum Gasteiger partial charge on any atom is -0.316 e. The summed E-state index contributed by atoms with van der Waals surface area (Å²) in [7, 11) is 3.80. The van der Waals surface area contributed by atoms with Gasteiger partial charge < -0.3 is 5.32 Å². The molecule has 1 rings (SSSR count). The zero-order chi connectivity index (χ0) is 9.84. The molecule has 1 aromatic heterocycles. The van der Waals surface area contributed by atoms with Crippen molar-refractivity contribution in [1.29, 1.82) is 0 Å². The number of thioether (sulfide) groups is 1. The zero-order valence-corrected chi connectivity index (χ0v) is 9.17. The van der Waals surface area contributed by atoms with Crippen LogP contribution in [-0.2, 0) is 7.05 Å². The molecule has 0 bridgehead atoms. The predicted molar refractivity (Wildman–Crippen MR) is 52.6 cm³/mol. The summed E-state index contributed by atoms with van der Waals surface area (Å²) < 4.78 is 1.68. The minimum absolute atomic E-state index is 0.446. The molecule has 0 aliphatic carbocycles. The predicted octanol–water partition coefficient (Wildman–Crippen LogP) is 0.299. The van der Waals surface area contributed by atoms with Crippen LogP contribution in [0.25, 0.3) is 0 Å². The summed E-state index contributed by atoms with van der Waals surface area (Å²) in [6.45, 7) is 4.29. The van der Waals surface area contributed by atoms with E-state index in [1.54, 1.807) is 16.4 Å². The Bertz CT molecular complexity index is 261. The summed E-state index contributed by atoms with van der Waals surface area (Å²) in [4.78, 5) is 0. The first-order valence-electron chi connectivity index (χ1n) is 4.21. The van der Waals surface area contributed by atoms with Crippen molar-refractivity contribution in [2.45, 2.75) is 30.3 Å². The lowest BCUT2D eigenvalue weighted by molar-refractivity contribution is 0.600. The summed E-state index contributed by atoms with van der Waals surface area (Å²) in [5.41, 5.74) is 0. The maximum absolute atomic E-state index is 3.91. The average Bonchev–Trinajstić information content (AvgIpc) is 2.50. The summed E-state index contributed by atoms with van der Waals surface area (Å²) >= 11 is 1.67. The van der Waals surface area contributed by atoms with Gasteiger partial charge in [0.15, 0.2) is 0 Å². The van der Waals surface area contributed by atoms with Gasteiger partial charge in [-0.05, 0) is 24.4 Å². The van der Waals surface area contributed by atoms with Gasteiger partial charge in [0.1, 0.15) is 0 Å². The Morgan fingerprint density at radius 1 is 1.46 bits per heavy atom. The normalized spacial score (nSPS) is 15.7. The highest BCUT2D eigenvalue weighted by atomic mass is 32.2. The number of aromatic nitrogens is 4. The van der Waals surface area contributed by atoms with Gasteiger partial charge in [-0.15, -0.1) is 5.10 Å². The summed E-state index contributed by atoms with van der Waals surface area (Å²) in [5, 5.41) is 15.8. The summed E-state index contributed by atoms with van der Waals surface area (Å²) in [6, 6.07) is 0.446. The van der Waals surface area contributed by atoms with Crippen LogP contribution in [0.1, 0.15) is 13.8 Å². The van der Waals surface area contributed by atoms with Gasteiger partial charge in [-0.25, -0.2) is 4.68 Å². The molecule has 0 amide bonds. The monoisotopic (exact) mass is 201 g/mol. The van der Waals surface area contributed by atoms with Crippen LogP contribution in [0, 0.1) is 0 Å². The molecule has 6 heteroatoms. The molecule has 0 aliphatic rings. The van der Waals surface area contributed by atoms with Crippen LogP contribution in [0.15, 0.2) is 5.16 Å². The standard InChI is InChI=1S/C7H15N5S/c1-5(8-3)6(2)13-7-9-10-11-12(7)4/h5-6,8H,1-4H3. The number of nitrogens with one attached hydrogen (secondary N) is 1. The molecule has 2 unspecified atom stereocenters. The van der Waals surface area contributed by atoms with Gasteiger partial charge in [0.05, 0.1) is 0 Å². The third-order valence-corrected chi connectivity index (χ3v) is 3.37. The molecule has 0 radical (unpaired) electrons. The Morgan fingerprint density at radius 3 is 2.62 bits per heavy atom. The smallest absolute Gasteiger partial charge is 0.209 e. The molecule has 5 nitrogen and oxygen atoms in total. The summed E-state index contributed by atoms with van der Waals surface area (Å²) in [5.74, 6) is 0. The van der Waals surface area contributed by atoms with Crippen LogP contribution in [-0.4, -0.2) is 38.5 Å². The number of tetrazole rings is 1. The molecule has 0 aromatic carbocycles. The number of hydrogen-bond donors (Lipinski definition) is 1. The Balaban J connectivity index is 2.54. The minimum atomic E-state index is 0.446. The SMILES string of the molecule is CNC(C)C(C)Sc1nnnn1C. The van der Waals surface area contributed by atoms with Gasteiger partial charge in [-0.2, -0.15) is 0 Å². The van der Waals surface area contributed by atoms with Crippen molar-refractivity contribution in [1.82, 2.24) is 25.5 Å². The first-order chi connectivity index (χ1) is 6.15. The molecule has 0 aliphatic heterocycles. The lowest BCUT2D eigenvalue weighted by Crippen LogP contribution is -2.30. The van der Waals surface area contributed by atoms with Crippen LogP contribution in [0.3, 0.4) is 0 Å².